The van der Waals surface area contributed by atoms with Crippen LogP contribution < -0.4 is 14.8 Å². The summed E-state index contributed by atoms with van der Waals surface area (Å²) in [6.45, 7) is 0. The van der Waals surface area contributed by atoms with Gasteiger partial charge in [0.15, 0.2) is 5.82 Å². The van der Waals surface area contributed by atoms with Crippen molar-refractivity contribution in [1.29, 1.82) is 0 Å². The molecule has 1 aromatic carbocycles. The number of methoxy groups -OCH3 is 1. The van der Waals surface area contributed by atoms with Crippen molar-refractivity contribution in [2.24, 2.45) is 5.92 Å². The van der Waals surface area contributed by atoms with Gasteiger partial charge in [0.25, 0.3) is 0 Å². The van der Waals surface area contributed by atoms with Gasteiger partial charge in [0.1, 0.15) is 11.4 Å². The zero-order chi connectivity index (χ0) is 23.7. The van der Waals surface area contributed by atoms with Gasteiger partial charge in [-0.25, -0.2) is 0 Å². The molecule has 0 saturated carbocycles. The number of nitrogens with one attached hydrogen (secondary N) is 3. The van der Waals surface area contributed by atoms with E-state index in [9.17, 15) is 13.2 Å². The molecule has 1 aliphatic carbocycles. The Morgan fingerprint density at radius 1 is 1.15 bits per heavy atom. The van der Waals surface area contributed by atoms with Crippen molar-refractivity contribution in [3.05, 3.63) is 60.5 Å². The summed E-state index contributed by atoms with van der Waals surface area (Å²) in [6, 6.07) is 9.00. The first-order chi connectivity index (χ1) is 16.4. The number of rotatable bonds is 6. The molecule has 1 aliphatic rings. The lowest BCUT2D eigenvalue weighted by Crippen LogP contribution is -2.23. The number of fused-ring (bicyclic) bond motifs is 1. The summed E-state index contributed by atoms with van der Waals surface area (Å²) in [4.78, 5) is 14.4. The van der Waals surface area contributed by atoms with Gasteiger partial charge in [0.05, 0.1) is 18.4 Å². The normalized spacial score (nSPS) is 15.9. The average Bonchev–Trinajstić information content (AvgIpc) is 3.48. The molecule has 0 spiro atoms. The second-order valence-electron chi connectivity index (χ2n) is 7.44. The number of halogens is 3. The quantitative estimate of drug-likeness (QED) is 0.365. The number of anilines is 1. The number of allylic oxidation sites excluding steroid dienone is 3. The van der Waals surface area contributed by atoms with Crippen LogP contribution in [0.4, 0.5) is 19.1 Å². The Labute approximate surface area is 190 Å². The maximum Gasteiger partial charge on any atom is 0.395 e. The monoisotopic (exact) mass is 469 g/mol. The molecule has 0 aliphatic heterocycles. The predicted octanol–water partition coefficient (Wildman–Crippen LogP) is 4.98. The molecule has 1 unspecified atom stereocenters. The summed E-state index contributed by atoms with van der Waals surface area (Å²) >= 11 is 0. The van der Waals surface area contributed by atoms with Crippen molar-refractivity contribution in [1.82, 2.24) is 30.1 Å². The Morgan fingerprint density at radius 3 is 2.85 bits per heavy atom. The number of hydrogen-bond donors (Lipinski definition) is 3. The molecule has 0 radical (unpaired) electrons. The Balaban J connectivity index is 1.36. The molecule has 4 aromatic rings. The minimum absolute atomic E-state index is 0.0869. The highest BCUT2D eigenvalue weighted by atomic mass is 19.4. The van der Waals surface area contributed by atoms with Crippen LogP contribution in [0.3, 0.4) is 0 Å². The number of ether oxygens (including phenoxy) is 2. The molecule has 0 amide bonds. The van der Waals surface area contributed by atoms with Crippen LogP contribution >= 0.6 is 0 Å². The van der Waals surface area contributed by atoms with Crippen molar-refractivity contribution < 1.29 is 22.6 Å². The van der Waals surface area contributed by atoms with Crippen LogP contribution in [0.15, 0.2) is 60.5 Å². The molecule has 34 heavy (non-hydrogen) atoms. The zero-order valence-electron chi connectivity index (χ0n) is 17.7. The van der Waals surface area contributed by atoms with Gasteiger partial charge in [-0.05, 0) is 36.8 Å². The molecular weight excluding hydrogens is 451 g/mol. The molecule has 0 fully saturated rings. The first-order valence-corrected chi connectivity index (χ1v) is 10.2. The molecule has 5 rings (SSSR count). The molecular formula is C22H18F3N7O2. The number of alkyl halides is 3. The summed E-state index contributed by atoms with van der Waals surface area (Å²) in [5.74, 6) is -0.112. The van der Waals surface area contributed by atoms with Crippen LogP contribution in [-0.4, -0.2) is 43.4 Å². The molecule has 0 saturated heterocycles. The van der Waals surface area contributed by atoms with Gasteiger partial charge >= 0.3 is 12.2 Å². The van der Waals surface area contributed by atoms with Gasteiger partial charge in [0.2, 0.25) is 11.8 Å². The van der Waals surface area contributed by atoms with Crippen LogP contribution in [0.5, 0.6) is 17.6 Å². The Kier molecular flexibility index (Phi) is 5.40. The van der Waals surface area contributed by atoms with Gasteiger partial charge in [0, 0.05) is 17.5 Å². The second-order valence-corrected chi connectivity index (χ2v) is 7.44. The van der Waals surface area contributed by atoms with Crippen LogP contribution in [0.25, 0.3) is 22.4 Å². The van der Waals surface area contributed by atoms with Crippen LogP contribution in [0.2, 0.25) is 0 Å². The standard InChI is InChI=1S/C22H18F3N7O2/c1-33-21-29-18-16(8-9-26-18)19(30-21)34-15-7-2-4-12(10-15)17-28-20(32-31-17)27-14-6-3-5-13(11-14)22(23,24)25/h2-4,6-11,13H,5H2,1H3,(H,26,29,30)(H2,27,28,31,32). The van der Waals surface area contributed by atoms with Gasteiger partial charge in [-0.3, -0.25) is 0 Å². The fourth-order valence-electron chi connectivity index (χ4n) is 3.46. The number of aromatic amines is 2. The van der Waals surface area contributed by atoms with Crippen molar-refractivity contribution >= 4 is 17.0 Å². The largest absolute Gasteiger partial charge is 0.467 e. The number of benzene rings is 1. The fourth-order valence-corrected chi connectivity index (χ4v) is 3.46. The van der Waals surface area contributed by atoms with Gasteiger partial charge in [-0.2, -0.15) is 23.1 Å². The maximum atomic E-state index is 13.0. The summed E-state index contributed by atoms with van der Waals surface area (Å²) in [5.41, 5.74) is 1.52. The third-order valence-electron chi connectivity index (χ3n) is 5.10. The minimum atomic E-state index is -4.30. The molecule has 1 atom stereocenters. The minimum Gasteiger partial charge on any atom is -0.467 e. The summed E-state index contributed by atoms with van der Waals surface area (Å²) in [6.07, 6.45) is 1.52. The zero-order valence-corrected chi connectivity index (χ0v) is 17.7. The number of nitrogens with zero attached hydrogens (tertiary/aromatic N) is 4. The summed E-state index contributed by atoms with van der Waals surface area (Å²) < 4.78 is 50.1. The van der Waals surface area contributed by atoms with Crippen LogP contribution in [-0.2, 0) is 0 Å². The predicted molar refractivity (Wildman–Crippen MR) is 117 cm³/mol. The van der Waals surface area contributed by atoms with Crippen LogP contribution in [0, 0.1) is 5.92 Å². The highest BCUT2D eigenvalue weighted by Gasteiger charge is 2.38. The topological polar surface area (TPSA) is 114 Å². The van der Waals surface area contributed by atoms with E-state index in [2.05, 4.69) is 35.5 Å². The van der Waals surface area contributed by atoms with Gasteiger partial charge in [-0.1, -0.05) is 18.2 Å². The van der Waals surface area contributed by atoms with Gasteiger partial charge in [-0.15, -0.1) is 10.2 Å². The second kappa shape index (κ2) is 8.54. The fraction of sp³-hybridized carbons (Fsp3) is 0.182. The lowest BCUT2D eigenvalue weighted by atomic mass is 9.99. The van der Waals surface area contributed by atoms with Gasteiger partial charge < -0.3 is 24.8 Å². The SMILES string of the molecule is COc1nc(Oc2cccc(-c3nnc(NC4=CC(C(F)(F)F)CC=C4)[nH]3)c2)c2cc[nH]c2n1. The molecule has 9 nitrogen and oxygen atoms in total. The molecule has 174 valence electrons. The lowest BCUT2D eigenvalue weighted by molar-refractivity contribution is -0.160. The van der Waals surface area contributed by atoms with E-state index in [4.69, 9.17) is 9.47 Å². The van der Waals surface area contributed by atoms with Crippen molar-refractivity contribution in [2.45, 2.75) is 12.6 Å². The van der Waals surface area contributed by atoms with E-state index in [-0.39, 0.29) is 18.4 Å². The molecule has 3 heterocycles. The van der Waals surface area contributed by atoms with Crippen molar-refractivity contribution in [3.8, 4) is 29.0 Å². The Bertz CT molecular complexity index is 1390. The smallest absolute Gasteiger partial charge is 0.395 e. The number of H-pyrrole nitrogens is 2. The third-order valence-corrected chi connectivity index (χ3v) is 5.10. The average molecular weight is 469 g/mol. The van der Waals surface area contributed by atoms with E-state index in [1.807, 2.05) is 0 Å². The lowest BCUT2D eigenvalue weighted by Gasteiger charge is -2.19. The molecule has 0 bridgehead atoms. The van der Waals surface area contributed by atoms with Crippen molar-refractivity contribution in [3.63, 3.8) is 0 Å². The van der Waals surface area contributed by atoms with E-state index in [0.29, 0.717) is 39.7 Å². The maximum absolute atomic E-state index is 13.0. The Hall–Kier alpha value is -4.35. The summed E-state index contributed by atoms with van der Waals surface area (Å²) in [5, 5.41) is 11.6. The van der Waals surface area contributed by atoms with E-state index in [1.54, 1.807) is 42.6 Å². The molecule has 12 heteroatoms. The number of hydrogen-bond acceptors (Lipinski definition) is 7. The van der Waals surface area contributed by atoms with E-state index < -0.39 is 12.1 Å². The third kappa shape index (κ3) is 4.42. The van der Waals surface area contributed by atoms with Crippen molar-refractivity contribution in [2.75, 3.05) is 12.4 Å². The highest BCUT2D eigenvalue weighted by Crippen LogP contribution is 2.34. The van der Waals surface area contributed by atoms with E-state index in [0.717, 1.165) is 6.08 Å². The first kappa shape index (κ1) is 21.5. The Morgan fingerprint density at radius 2 is 2.03 bits per heavy atom. The number of aromatic nitrogens is 6. The molecule has 3 N–H and O–H groups in total. The van der Waals surface area contributed by atoms with E-state index in [1.165, 1.54) is 13.2 Å². The van der Waals surface area contributed by atoms with E-state index >= 15 is 0 Å². The summed E-state index contributed by atoms with van der Waals surface area (Å²) in [7, 11) is 1.46. The highest BCUT2D eigenvalue weighted by molar-refractivity contribution is 5.81. The molecule has 3 aromatic heterocycles. The first-order valence-electron chi connectivity index (χ1n) is 10.2. The van der Waals surface area contributed by atoms with Crippen LogP contribution in [0.1, 0.15) is 6.42 Å².